The average molecular weight is 323 g/mol. The zero-order valence-electron chi connectivity index (χ0n) is 12.4. The molecule has 0 fully saturated rings. The van der Waals surface area contributed by atoms with Gasteiger partial charge in [-0.1, -0.05) is 37.7 Å². The number of nitrogens with one attached hydrogen (secondary N) is 1. The van der Waals surface area contributed by atoms with Gasteiger partial charge in [-0.2, -0.15) is 4.37 Å². The fourth-order valence-electron chi connectivity index (χ4n) is 1.92. The van der Waals surface area contributed by atoms with Gasteiger partial charge >= 0.3 is 0 Å². The molecule has 1 atom stereocenters. The summed E-state index contributed by atoms with van der Waals surface area (Å²) in [5.41, 5.74) is 1.28. The number of rotatable bonds is 9. The maximum atomic E-state index is 5.63. The van der Waals surface area contributed by atoms with Gasteiger partial charge in [0.25, 0.3) is 0 Å². The van der Waals surface area contributed by atoms with Crippen molar-refractivity contribution in [2.24, 2.45) is 0 Å². The number of nitrogens with zero attached hydrogens (tertiary/aromatic N) is 2. The molecule has 0 amide bonds. The van der Waals surface area contributed by atoms with E-state index in [-0.39, 0.29) is 0 Å². The fraction of sp³-hybridized carbons (Fsp3) is 0.467. The second-order valence-corrected chi connectivity index (χ2v) is 6.59. The molecule has 0 bridgehead atoms. The molecule has 0 saturated carbocycles. The van der Waals surface area contributed by atoms with Crippen molar-refractivity contribution < 1.29 is 4.74 Å². The smallest absolute Gasteiger partial charge is 0.169 e. The van der Waals surface area contributed by atoms with E-state index in [0.29, 0.717) is 6.04 Å². The summed E-state index contributed by atoms with van der Waals surface area (Å²) >= 11 is 3.18. The third-order valence-electron chi connectivity index (χ3n) is 2.92. The maximum Gasteiger partial charge on any atom is 0.169 e. The lowest BCUT2D eigenvalue weighted by atomic mass is 10.1. The summed E-state index contributed by atoms with van der Waals surface area (Å²) in [6.45, 7) is 5.94. The van der Waals surface area contributed by atoms with E-state index < -0.39 is 0 Å². The van der Waals surface area contributed by atoms with Crippen LogP contribution in [0.1, 0.15) is 31.9 Å². The zero-order valence-corrected chi connectivity index (χ0v) is 14.0. The number of thioether (sulfide) groups is 1. The molecule has 6 heteroatoms. The van der Waals surface area contributed by atoms with E-state index in [9.17, 15) is 0 Å². The van der Waals surface area contributed by atoms with E-state index in [4.69, 9.17) is 4.74 Å². The van der Waals surface area contributed by atoms with Gasteiger partial charge in [0, 0.05) is 11.8 Å². The number of hydrogen-bond acceptors (Lipinski definition) is 6. The van der Waals surface area contributed by atoms with Crippen LogP contribution in [0.5, 0.6) is 5.75 Å². The topological polar surface area (TPSA) is 47.0 Å². The van der Waals surface area contributed by atoms with Crippen LogP contribution in [0.15, 0.2) is 34.9 Å². The molecule has 0 saturated heterocycles. The standard InChI is InChI=1S/C15H21N3OS2/c1-3-9-19-13-7-5-12(6-8-13)14(16-4-2)10-20-15-17-11-18-21-15/h5-8,11,14,16H,3-4,9-10H2,1-2H3. The van der Waals surface area contributed by atoms with E-state index in [0.717, 1.165) is 35.4 Å². The number of benzene rings is 1. The molecule has 1 heterocycles. The highest BCUT2D eigenvalue weighted by atomic mass is 32.2. The Morgan fingerprint density at radius 3 is 2.71 bits per heavy atom. The molecule has 1 aromatic carbocycles. The van der Waals surface area contributed by atoms with Crippen LogP contribution in [0.25, 0.3) is 0 Å². The summed E-state index contributed by atoms with van der Waals surface area (Å²) in [7, 11) is 0. The first-order valence-corrected chi connectivity index (χ1v) is 8.95. The highest BCUT2D eigenvalue weighted by Crippen LogP contribution is 2.26. The van der Waals surface area contributed by atoms with Crippen LogP contribution < -0.4 is 10.1 Å². The van der Waals surface area contributed by atoms with Gasteiger partial charge in [-0.05, 0) is 42.2 Å². The molecular formula is C15H21N3OS2. The predicted octanol–water partition coefficient (Wildman–Crippen LogP) is 3.77. The molecule has 0 radical (unpaired) electrons. The number of hydrogen-bond donors (Lipinski definition) is 1. The van der Waals surface area contributed by atoms with Gasteiger partial charge in [0.05, 0.1) is 6.61 Å². The van der Waals surface area contributed by atoms with E-state index in [1.165, 1.54) is 17.1 Å². The summed E-state index contributed by atoms with van der Waals surface area (Å²) in [6, 6.07) is 8.68. The highest BCUT2D eigenvalue weighted by Gasteiger charge is 2.12. The second kappa shape index (κ2) is 9.02. The number of ether oxygens (including phenoxy) is 1. The lowest BCUT2D eigenvalue weighted by Gasteiger charge is -2.17. The van der Waals surface area contributed by atoms with Crippen molar-refractivity contribution in [3.63, 3.8) is 0 Å². The van der Waals surface area contributed by atoms with Crippen LogP contribution in [0.2, 0.25) is 0 Å². The van der Waals surface area contributed by atoms with Crippen LogP contribution in [0.3, 0.4) is 0 Å². The zero-order chi connectivity index (χ0) is 14.9. The monoisotopic (exact) mass is 323 g/mol. The summed E-state index contributed by atoms with van der Waals surface area (Å²) < 4.78 is 10.7. The highest BCUT2D eigenvalue weighted by molar-refractivity contribution is 8.00. The van der Waals surface area contributed by atoms with Crippen LogP contribution in [-0.4, -0.2) is 28.3 Å². The molecule has 1 N–H and O–H groups in total. The first-order chi connectivity index (χ1) is 10.3. The predicted molar refractivity (Wildman–Crippen MR) is 89.3 cm³/mol. The minimum absolute atomic E-state index is 0.309. The van der Waals surface area contributed by atoms with Crippen molar-refractivity contribution in [3.05, 3.63) is 36.2 Å². The molecule has 0 aliphatic rings. The van der Waals surface area contributed by atoms with E-state index in [1.807, 2.05) is 12.1 Å². The number of aromatic nitrogens is 2. The lowest BCUT2D eigenvalue weighted by Crippen LogP contribution is -2.22. The summed E-state index contributed by atoms with van der Waals surface area (Å²) in [5.74, 6) is 1.88. The van der Waals surface area contributed by atoms with Gasteiger partial charge in [-0.25, -0.2) is 4.98 Å². The minimum Gasteiger partial charge on any atom is -0.494 e. The largest absolute Gasteiger partial charge is 0.494 e. The molecule has 0 aliphatic heterocycles. The molecule has 4 nitrogen and oxygen atoms in total. The van der Waals surface area contributed by atoms with Gasteiger partial charge in [0.1, 0.15) is 12.1 Å². The quantitative estimate of drug-likeness (QED) is 0.712. The van der Waals surface area contributed by atoms with Gasteiger partial charge in [-0.15, -0.1) is 0 Å². The Bertz CT molecular complexity index is 502. The Balaban J connectivity index is 1.96. The Kier molecular flexibility index (Phi) is 6.99. The minimum atomic E-state index is 0.309. The molecule has 0 aliphatic carbocycles. The molecule has 21 heavy (non-hydrogen) atoms. The van der Waals surface area contributed by atoms with Crippen molar-refractivity contribution >= 4 is 23.3 Å². The summed E-state index contributed by atoms with van der Waals surface area (Å²) in [6.07, 6.45) is 2.63. The van der Waals surface area contributed by atoms with Gasteiger partial charge < -0.3 is 10.1 Å². The van der Waals surface area contributed by atoms with Crippen LogP contribution in [-0.2, 0) is 0 Å². The van der Waals surface area contributed by atoms with E-state index in [2.05, 4.69) is 40.7 Å². The second-order valence-electron chi connectivity index (χ2n) is 4.55. The maximum absolute atomic E-state index is 5.63. The van der Waals surface area contributed by atoms with Gasteiger partial charge in [-0.3, -0.25) is 0 Å². The first kappa shape index (κ1) is 16.3. The third kappa shape index (κ3) is 5.30. The van der Waals surface area contributed by atoms with Crippen molar-refractivity contribution in [2.75, 3.05) is 18.9 Å². The Morgan fingerprint density at radius 1 is 1.29 bits per heavy atom. The summed E-state index contributed by atoms with van der Waals surface area (Å²) in [5, 5.41) is 3.52. The third-order valence-corrected chi connectivity index (χ3v) is 4.81. The lowest BCUT2D eigenvalue weighted by molar-refractivity contribution is 0.317. The molecule has 1 aromatic heterocycles. The molecule has 2 rings (SSSR count). The van der Waals surface area contributed by atoms with Gasteiger partial charge in [0.15, 0.2) is 4.34 Å². The van der Waals surface area contributed by atoms with Crippen molar-refractivity contribution in [2.45, 2.75) is 30.6 Å². The van der Waals surface area contributed by atoms with Crippen LogP contribution in [0, 0.1) is 0 Å². The normalized spacial score (nSPS) is 12.3. The van der Waals surface area contributed by atoms with Crippen LogP contribution >= 0.6 is 23.3 Å². The molecule has 114 valence electrons. The van der Waals surface area contributed by atoms with Crippen molar-refractivity contribution in [1.29, 1.82) is 0 Å². The summed E-state index contributed by atoms with van der Waals surface area (Å²) in [4.78, 5) is 4.21. The van der Waals surface area contributed by atoms with E-state index >= 15 is 0 Å². The van der Waals surface area contributed by atoms with Crippen LogP contribution in [0.4, 0.5) is 0 Å². The Hall–Kier alpha value is -1.11. The molecule has 2 aromatic rings. The first-order valence-electron chi connectivity index (χ1n) is 7.19. The molecule has 0 spiro atoms. The SMILES string of the molecule is CCCOc1ccc(C(CSc2ncns2)NCC)cc1. The Morgan fingerprint density at radius 2 is 2.10 bits per heavy atom. The van der Waals surface area contributed by atoms with Gasteiger partial charge in [0.2, 0.25) is 0 Å². The average Bonchev–Trinajstić information content (AvgIpc) is 3.03. The molecule has 1 unspecified atom stereocenters. The van der Waals surface area contributed by atoms with Crippen molar-refractivity contribution in [3.8, 4) is 5.75 Å². The fourth-order valence-corrected chi connectivity index (χ4v) is 3.48. The van der Waals surface area contributed by atoms with Crippen molar-refractivity contribution in [1.82, 2.24) is 14.7 Å². The molecular weight excluding hydrogens is 302 g/mol. The van der Waals surface area contributed by atoms with E-state index in [1.54, 1.807) is 18.1 Å². The Labute approximate surface area is 134 Å².